The van der Waals surface area contributed by atoms with Crippen molar-refractivity contribution in [2.45, 2.75) is 31.2 Å². The van der Waals surface area contributed by atoms with Gasteiger partial charge in [0.25, 0.3) is 0 Å². The van der Waals surface area contributed by atoms with E-state index in [1.54, 1.807) is 25.4 Å². The summed E-state index contributed by atoms with van der Waals surface area (Å²) in [4.78, 5) is 22.1. The number of carbonyl (C=O) groups is 1. The number of nitrogens with zero attached hydrogens (tertiary/aromatic N) is 3. The van der Waals surface area contributed by atoms with E-state index < -0.39 is 5.38 Å². The lowest BCUT2D eigenvalue weighted by Crippen LogP contribution is -2.46. The number of anilines is 1. The molecule has 2 rings (SSSR count). The first kappa shape index (κ1) is 13.1. The van der Waals surface area contributed by atoms with Gasteiger partial charge in [0.1, 0.15) is 5.38 Å². The van der Waals surface area contributed by atoms with Crippen LogP contribution in [0, 0.1) is 0 Å². The Morgan fingerprint density at radius 3 is 2.61 bits per heavy atom. The average molecular weight is 269 g/mol. The minimum Gasteiger partial charge on any atom is -0.352 e. The largest absolute Gasteiger partial charge is 0.352 e. The monoisotopic (exact) mass is 268 g/mol. The van der Waals surface area contributed by atoms with Gasteiger partial charge in [0.05, 0.1) is 0 Å². The molecule has 0 bridgehead atoms. The summed E-state index contributed by atoms with van der Waals surface area (Å²) in [6.45, 7) is 3.39. The van der Waals surface area contributed by atoms with Gasteiger partial charge in [-0.2, -0.15) is 0 Å². The van der Waals surface area contributed by atoms with Crippen LogP contribution in [0.25, 0.3) is 0 Å². The van der Waals surface area contributed by atoms with Crippen molar-refractivity contribution in [2.24, 2.45) is 0 Å². The molecule has 0 radical (unpaired) electrons. The van der Waals surface area contributed by atoms with Crippen LogP contribution in [-0.2, 0) is 4.79 Å². The summed E-state index contributed by atoms with van der Waals surface area (Å²) < 4.78 is 0. The topological polar surface area (TPSA) is 58.1 Å². The highest BCUT2D eigenvalue weighted by Crippen LogP contribution is 2.15. The lowest BCUT2D eigenvalue weighted by Gasteiger charge is -2.32. The van der Waals surface area contributed by atoms with Crippen LogP contribution in [0.3, 0.4) is 0 Å². The Morgan fingerprint density at radius 1 is 1.44 bits per heavy atom. The van der Waals surface area contributed by atoms with Crippen LogP contribution in [0.4, 0.5) is 5.95 Å². The maximum absolute atomic E-state index is 11.5. The third-order valence-corrected chi connectivity index (χ3v) is 3.24. The second-order valence-corrected chi connectivity index (χ2v) is 5.09. The highest BCUT2D eigenvalue weighted by Gasteiger charge is 2.23. The zero-order valence-electron chi connectivity index (χ0n) is 10.3. The molecule has 1 unspecified atom stereocenters. The van der Waals surface area contributed by atoms with Crippen LogP contribution < -0.4 is 10.2 Å². The molecule has 1 saturated heterocycles. The number of halogens is 1. The van der Waals surface area contributed by atoms with Crippen molar-refractivity contribution in [1.82, 2.24) is 15.3 Å². The van der Waals surface area contributed by atoms with E-state index in [0.29, 0.717) is 0 Å². The first-order valence-corrected chi connectivity index (χ1v) is 6.57. The number of aromatic nitrogens is 2. The molecule has 0 aliphatic carbocycles. The van der Waals surface area contributed by atoms with Gasteiger partial charge in [0.15, 0.2) is 0 Å². The number of rotatable bonds is 3. The summed E-state index contributed by atoms with van der Waals surface area (Å²) >= 11 is 5.73. The van der Waals surface area contributed by atoms with E-state index in [1.165, 1.54) is 0 Å². The third-order valence-electron chi connectivity index (χ3n) is 3.04. The Kier molecular flexibility index (Phi) is 4.36. The average Bonchev–Trinajstić information content (AvgIpc) is 2.40. The Bertz CT molecular complexity index is 390. The van der Waals surface area contributed by atoms with Crippen molar-refractivity contribution in [3.63, 3.8) is 0 Å². The van der Waals surface area contributed by atoms with E-state index in [1.807, 2.05) is 0 Å². The fourth-order valence-electron chi connectivity index (χ4n) is 1.99. The lowest BCUT2D eigenvalue weighted by molar-refractivity contribution is -0.121. The van der Waals surface area contributed by atoms with Crippen LogP contribution in [0.15, 0.2) is 18.5 Å². The smallest absolute Gasteiger partial charge is 0.237 e. The van der Waals surface area contributed by atoms with E-state index in [4.69, 9.17) is 11.6 Å². The summed E-state index contributed by atoms with van der Waals surface area (Å²) in [5.41, 5.74) is 0. The third kappa shape index (κ3) is 3.32. The Morgan fingerprint density at radius 2 is 2.06 bits per heavy atom. The molecule has 1 aromatic rings. The van der Waals surface area contributed by atoms with Gasteiger partial charge >= 0.3 is 0 Å². The van der Waals surface area contributed by atoms with Crippen molar-refractivity contribution in [2.75, 3.05) is 18.0 Å². The fraction of sp³-hybridized carbons (Fsp3) is 0.583. The van der Waals surface area contributed by atoms with Gasteiger partial charge in [0, 0.05) is 31.5 Å². The number of alkyl halides is 1. The first-order valence-electron chi connectivity index (χ1n) is 6.13. The van der Waals surface area contributed by atoms with Gasteiger partial charge in [-0.15, -0.1) is 11.6 Å². The second-order valence-electron chi connectivity index (χ2n) is 4.43. The minimum atomic E-state index is -0.472. The fourth-order valence-corrected chi connectivity index (χ4v) is 2.06. The molecule has 1 N–H and O–H groups in total. The minimum absolute atomic E-state index is 0.0916. The molecule has 1 atom stereocenters. The molecule has 1 aliphatic rings. The number of hydrogen-bond donors (Lipinski definition) is 1. The molecule has 1 aliphatic heterocycles. The van der Waals surface area contributed by atoms with Crippen molar-refractivity contribution in [1.29, 1.82) is 0 Å². The normalized spacial score (nSPS) is 18.4. The predicted octanol–water partition coefficient (Wildman–Crippen LogP) is 1.19. The predicted molar refractivity (Wildman–Crippen MR) is 70.7 cm³/mol. The van der Waals surface area contributed by atoms with Crippen molar-refractivity contribution in [3.8, 4) is 0 Å². The van der Waals surface area contributed by atoms with E-state index in [-0.39, 0.29) is 11.9 Å². The molecular formula is C12H17ClN4O. The van der Waals surface area contributed by atoms with E-state index in [2.05, 4.69) is 20.2 Å². The maximum atomic E-state index is 11.5. The molecule has 1 aromatic heterocycles. The number of amides is 1. The Labute approximate surface area is 112 Å². The van der Waals surface area contributed by atoms with Gasteiger partial charge in [-0.1, -0.05) is 0 Å². The molecule has 2 heterocycles. The zero-order chi connectivity index (χ0) is 13.0. The molecule has 0 saturated carbocycles. The SMILES string of the molecule is CC(Cl)C(=O)NC1CCN(c2ncccn2)CC1. The quantitative estimate of drug-likeness (QED) is 0.837. The molecule has 18 heavy (non-hydrogen) atoms. The van der Waals surface area contributed by atoms with Gasteiger partial charge in [-0.05, 0) is 25.8 Å². The van der Waals surface area contributed by atoms with Crippen molar-refractivity contribution in [3.05, 3.63) is 18.5 Å². The summed E-state index contributed by atoms with van der Waals surface area (Å²) in [7, 11) is 0. The van der Waals surface area contributed by atoms with E-state index in [9.17, 15) is 4.79 Å². The van der Waals surface area contributed by atoms with Gasteiger partial charge in [-0.25, -0.2) is 9.97 Å². The number of carbonyl (C=O) groups excluding carboxylic acids is 1. The highest BCUT2D eigenvalue weighted by molar-refractivity contribution is 6.30. The van der Waals surface area contributed by atoms with Crippen molar-refractivity contribution < 1.29 is 4.79 Å². The second kappa shape index (κ2) is 6.00. The van der Waals surface area contributed by atoms with Gasteiger partial charge in [-0.3, -0.25) is 4.79 Å². The van der Waals surface area contributed by atoms with E-state index in [0.717, 1.165) is 31.9 Å². The zero-order valence-corrected chi connectivity index (χ0v) is 11.1. The molecule has 98 valence electrons. The molecule has 1 amide bonds. The van der Waals surface area contributed by atoms with E-state index >= 15 is 0 Å². The standard InChI is InChI=1S/C12H17ClN4O/c1-9(13)11(18)16-10-3-7-17(8-4-10)12-14-5-2-6-15-12/h2,5-6,9-10H,3-4,7-8H2,1H3,(H,16,18). The van der Waals surface area contributed by atoms with Gasteiger partial charge in [0.2, 0.25) is 11.9 Å². The summed E-state index contributed by atoms with van der Waals surface area (Å²) in [5, 5.41) is 2.48. The van der Waals surface area contributed by atoms with Crippen LogP contribution in [0.2, 0.25) is 0 Å². The first-order chi connectivity index (χ1) is 8.66. The number of piperidine rings is 1. The van der Waals surface area contributed by atoms with Crippen LogP contribution >= 0.6 is 11.6 Å². The lowest BCUT2D eigenvalue weighted by atomic mass is 10.1. The van der Waals surface area contributed by atoms with Crippen molar-refractivity contribution >= 4 is 23.5 Å². The summed E-state index contributed by atoms with van der Waals surface area (Å²) in [5.74, 6) is 0.666. The highest BCUT2D eigenvalue weighted by atomic mass is 35.5. The Balaban J connectivity index is 1.83. The number of hydrogen-bond acceptors (Lipinski definition) is 4. The maximum Gasteiger partial charge on any atom is 0.237 e. The molecule has 5 nitrogen and oxygen atoms in total. The summed E-state index contributed by atoms with van der Waals surface area (Å²) in [6, 6.07) is 2.01. The van der Waals surface area contributed by atoms with Crippen LogP contribution in [0.1, 0.15) is 19.8 Å². The molecule has 1 fully saturated rings. The molecular weight excluding hydrogens is 252 g/mol. The van der Waals surface area contributed by atoms with Crippen LogP contribution in [0.5, 0.6) is 0 Å². The number of nitrogens with one attached hydrogen (secondary N) is 1. The van der Waals surface area contributed by atoms with Gasteiger partial charge < -0.3 is 10.2 Å². The molecule has 0 aromatic carbocycles. The Hall–Kier alpha value is -1.36. The van der Waals surface area contributed by atoms with Crippen LogP contribution in [-0.4, -0.2) is 40.4 Å². The molecule has 6 heteroatoms. The molecule has 0 spiro atoms. The summed E-state index contributed by atoms with van der Waals surface area (Å²) in [6.07, 6.45) is 5.28.